The summed E-state index contributed by atoms with van der Waals surface area (Å²) in [5.74, 6) is 0.806. The molecule has 0 aliphatic rings. The van der Waals surface area contributed by atoms with E-state index in [0.717, 1.165) is 57.5 Å². The Bertz CT molecular complexity index is 709. The van der Waals surface area contributed by atoms with E-state index in [1.807, 2.05) is 30.3 Å². The predicted molar refractivity (Wildman–Crippen MR) is 208 cm³/mol. The van der Waals surface area contributed by atoms with Crippen molar-refractivity contribution in [2.24, 2.45) is 0 Å². The van der Waals surface area contributed by atoms with Crippen molar-refractivity contribution in [1.29, 1.82) is 0 Å². The fourth-order valence-electron chi connectivity index (χ4n) is 5.99. The smallest absolute Gasteiger partial charge is 0.397 e. The van der Waals surface area contributed by atoms with E-state index < -0.39 is 8.60 Å². The molecular formula is C42H79O5P. The van der Waals surface area contributed by atoms with Crippen LogP contribution in [0.4, 0.5) is 0 Å². The average molecular weight is 695 g/mol. The van der Waals surface area contributed by atoms with Gasteiger partial charge in [0.05, 0.1) is 25.4 Å². The van der Waals surface area contributed by atoms with E-state index in [1.165, 1.54) is 128 Å². The second-order valence-electron chi connectivity index (χ2n) is 13.8. The highest BCUT2D eigenvalue weighted by atomic mass is 31.2. The fourth-order valence-corrected chi connectivity index (χ4v) is 7.02. The molecular weight excluding hydrogens is 615 g/mol. The molecule has 0 saturated carbocycles. The number of para-hydroxylation sites is 1. The minimum absolute atomic E-state index is 0.379. The molecule has 2 atom stereocenters. The molecule has 0 bridgehead atoms. The Labute approximate surface area is 300 Å². The van der Waals surface area contributed by atoms with Gasteiger partial charge < -0.3 is 23.0 Å². The molecule has 1 aromatic rings. The summed E-state index contributed by atoms with van der Waals surface area (Å²) in [7, 11) is -1.42. The quantitative estimate of drug-likeness (QED) is 0.0509. The van der Waals surface area contributed by atoms with Crippen LogP contribution in [-0.2, 0) is 18.5 Å². The molecule has 0 fully saturated rings. The molecule has 0 aromatic heterocycles. The van der Waals surface area contributed by atoms with E-state index in [9.17, 15) is 0 Å². The van der Waals surface area contributed by atoms with Crippen molar-refractivity contribution in [3.63, 3.8) is 0 Å². The van der Waals surface area contributed by atoms with Gasteiger partial charge in [-0.25, -0.2) is 0 Å². The van der Waals surface area contributed by atoms with Crippen LogP contribution in [-0.4, -0.2) is 38.6 Å². The van der Waals surface area contributed by atoms with Crippen molar-refractivity contribution in [2.75, 3.05) is 26.4 Å². The molecule has 48 heavy (non-hydrogen) atoms. The molecule has 0 saturated heterocycles. The molecule has 1 rings (SSSR count). The zero-order valence-electron chi connectivity index (χ0n) is 32.2. The minimum Gasteiger partial charge on any atom is -0.427 e. The lowest BCUT2D eigenvalue weighted by Gasteiger charge is -2.20. The van der Waals surface area contributed by atoms with Crippen molar-refractivity contribution in [1.82, 2.24) is 0 Å². The van der Waals surface area contributed by atoms with Crippen molar-refractivity contribution < 1.29 is 23.0 Å². The van der Waals surface area contributed by atoms with Gasteiger partial charge in [0.15, 0.2) is 0 Å². The van der Waals surface area contributed by atoms with Crippen molar-refractivity contribution in [3.8, 4) is 5.75 Å². The molecule has 1 aromatic carbocycles. The molecule has 0 aliphatic carbocycles. The van der Waals surface area contributed by atoms with Crippen LogP contribution in [0.25, 0.3) is 0 Å². The molecule has 0 spiro atoms. The van der Waals surface area contributed by atoms with Crippen LogP contribution in [0.3, 0.4) is 0 Å². The van der Waals surface area contributed by atoms with E-state index in [1.54, 1.807) is 0 Å². The molecule has 0 N–H and O–H groups in total. The van der Waals surface area contributed by atoms with Crippen LogP contribution in [0.1, 0.15) is 195 Å². The minimum atomic E-state index is -1.42. The molecule has 282 valence electrons. The molecule has 0 aliphatic heterocycles. The maximum absolute atomic E-state index is 6.35. The van der Waals surface area contributed by atoms with Gasteiger partial charge in [-0.15, -0.1) is 0 Å². The highest BCUT2D eigenvalue weighted by Gasteiger charge is 2.16. The number of rotatable bonds is 38. The van der Waals surface area contributed by atoms with Crippen LogP contribution in [0.2, 0.25) is 0 Å². The van der Waals surface area contributed by atoms with Crippen LogP contribution < -0.4 is 4.52 Å². The summed E-state index contributed by atoms with van der Waals surface area (Å²) in [5, 5.41) is 0. The lowest BCUT2D eigenvalue weighted by atomic mass is 10.1. The maximum Gasteiger partial charge on any atom is 0.397 e. The number of unbranched alkanes of at least 4 members (excludes halogenated alkanes) is 16. The molecule has 0 heterocycles. The Kier molecular flexibility index (Phi) is 34.1. The molecule has 5 nitrogen and oxygen atoms in total. The van der Waals surface area contributed by atoms with E-state index >= 15 is 0 Å². The second-order valence-corrected chi connectivity index (χ2v) is 14.9. The number of benzene rings is 1. The largest absolute Gasteiger partial charge is 0.427 e. The topological polar surface area (TPSA) is 46.2 Å². The van der Waals surface area contributed by atoms with Crippen LogP contribution in [0.5, 0.6) is 5.75 Å². The Morgan fingerprint density at radius 2 is 0.792 bits per heavy atom. The predicted octanol–water partition coefficient (Wildman–Crippen LogP) is 14.3. The van der Waals surface area contributed by atoms with E-state index in [0.29, 0.717) is 25.4 Å². The van der Waals surface area contributed by atoms with Crippen molar-refractivity contribution in [3.05, 3.63) is 30.3 Å². The molecule has 0 radical (unpaired) electrons. The normalized spacial score (nSPS) is 13.5. The Morgan fingerprint density at radius 3 is 1.23 bits per heavy atom. The zero-order valence-corrected chi connectivity index (χ0v) is 33.1. The van der Waals surface area contributed by atoms with Gasteiger partial charge in [-0.3, -0.25) is 0 Å². The number of hydrogen-bond acceptors (Lipinski definition) is 5. The first-order valence-corrected chi connectivity index (χ1v) is 21.8. The summed E-state index contributed by atoms with van der Waals surface area (Å²) >= 11 is 0. The molecule has 0 amide bonds. The summed E-state index contributed by atoms with van der Waals surface area (Å²) in [5.41, 5.74) is 0. The van der Waals surface area contributed by atoms with Gasteiger partial charge in [0, 0.05) is 13.2 Å². The van der Waals surface area contributed by atoms with Gasteiger partial charge >= 0.3 is 8.60 Å². The third-order valence-electron chi connectivity index (χ3n) is 9.12. The summed E-state index contributed by atoms with van der Waals surface area (Å²) in [4.78, 5) is 0. The van der Waals surface area contributed by atoms with Gasteiger partial charge in [-0.2, -0.15) is 0 Å². The lowest BCUT2D eigenvalue weighted by molar-refractivity contribution is 0.0351. The standard InChI is InChI=1S/C42H79O5P/c1-5-9-13-15-17-19-26-36-43-40(30-11-7-3)32-24-28-38-45-48(47-42-34-22-21-23-35-42)46-39-29-25-33-41(31-12-8-4)44-37-27-20-18-16-14-10-6-2/h21-23,34-35,40-41H,5-20,24-33,36-39H2,1-4H3. The van der Waals surface area contributed by atoms with Crippen LogP contribution in [0.15, 0.2) is 30.3 Å². The maximum atomic E-state index is 6.35. The third kappa shape index (κ3) is 29.1. The average Bonchev–Trinajstić information content (AvgIpc) is 3.10. The SMILES string of the molecule is CCCCCCCCCOC(CCCC)CCCCOP(OCCCCC(CCCC)OCCCCCCCCC)Oc1ccccc1. The van der Waals surface area contributed by atoms with Gasteiger partial charge in [-0.1, -0.05) is 149 Å². The first-order valence-electron chi connectivity index (χ1n) is 20.8. The lowest BCUT2D eigenvalue weighted by Crippen LogP contribution is -2.14. The first-order chi connectivity index (χ1) is 23.7. The Balaban J connectivity index is 2.36. The summed E-state index contributed by atoms with van der Waals surface area (Å²) in [6.07, 6.45) is 33.1. The second kappa shape index (κ2) is 36.1. The van der Waals surface area contributed by atoms with Gasteiger partial charge in [0.1, 0.15) is 5.75 Å². The van der Waals surface area contributed by atoms with Crippen molar-refractivity contribution in [2.45, 2.75) is 207 Å². The fraction of sp³-hybridized carbons (Fsp3) is 0.857. The van der Waals surface area contributed by atoms with E-state index in [-0.39, 0.29) is 0 Å². The molecule has 2 unspecified atom stereocenters. The van der Waals surface area contributed by atoms with E-state index in [2.05, 4.69) is 27.7 Å². The summed E-state index contributed by atoms with van der Waals surface area (Å²) in [6, 6.07) is 9.95. The van der Waals surface area contributed by atoms with Crippen LogP contribution in [0, 0.1) is 0 Å². The number of ether oxygens (including phenoxy) is 2. The zero-order chi connectivity index (χ0) is 34.6. The van der Waals surface area contributed by atoms with Crippen LogP contribution >= 0.6 is 8.60 Å². The van der Waals surface area contributed by atoms with Gasteiger partial charge in [0.25, 0.3) is 0 Å². The highest BCUT2D eigenvalue weighted by Crippen LogP contribution is 2.41. The Morgan fingerprint density at radius 1 is 0.417 bits per heavy atom. The third-order valence-corrected chi connectivity index (χ3v) is 10.3. The summed E-state index contributed by atoms with van der Waals surface area (Å²) in [6.45, 7) is 12.2. The number of hydrogen-bond donors (Lipinski definition) is 0. The van der Waals surface area contributed by atoms with Gasteiger partial charge in [0.2, 0.25) is 0 Å². The van der Waals surface area contributed by atoms with E-state index in [4.69, 9.17) is 23.0 Å². The van der Waals surface area contributed by atoms with Crippen molar-refractivity contribution >= 4 is 8.60 Å². The monoisotopic (exact) mass is 695 g/mol. The Hall–Kier alpha value is -0.710. The van der Waals surface area contributed by atoms with Gasteiger partial charge in [-0.05, 0) is 76.3 Å². The highest BCUT2D eigenvalue weighted by molar-refractivity contribution is 7.42. The summed E-state index contributed by atoms with van der Waals surface area (Å²) < 4.78 is 31.3. The first kappa shape index (κ1) is 45.3. The molecule has 6 heteroatoms.